The normalized spacial score (nSPS) is 18.6. The van der Waals surface area contributed by atoms with Crippen molar-refractivity contribution in [3.8, 4) is 5.75 Å². The lowest BCUT2D eigenvalue weighted by Crippen LogP contribution is -2.20. The Bertz CT molecular complexity index is 435. The van der Waals surface area contributed by atoms with Gasteiger partial charge in [-0.3, -0.25) is 4.79 Å². The van der Waals surface area contributed by atoms with Gasteiger partial charge >= 0.3 is 0 Å². The summed E-state index contributed by atoms with van der Waals surface area (Å²) in [5.74, 6) is 1.30. The number of allylic oxidation sites excluding steroid dienone is 1. The van der Waals surface area contributed by atoms with E-state index in [2.05, 4.69) is 12.6 Å². The molecule has 1 aliphatic rings. The molecule has 0 amide bonds. The Balaban J connectivity index is 2.31. The molecule has 0 spiro atoms. The summed E-state index contributed by atoms with van der Waals surface area (Å²) in [6, 6.07) is 6.04. The fourth-order valence-electron chi connectivity index (χ4n) is 2.47. The van der Waals surface area contributed by atoms with Crippen LogP contribution in [0.4, 0.5) is 0 Å². The van der Waals surface area contributed by atoms with Crippen molar-refractivity contribution in [3.63, 3.8) is 0 Å². The summed E-state index contributed by atoms with van der Waals surface area (Å²) in [4.78, 5) is 12.0. The highest BCUT2D eigenvalue weighted by Gasteiger charge is 2.26. The SMILES string of the molecule is C=CCCC1C(=O)CCc2cc(OC)ccc21. The maximum absolute atomic E-state index is 12.0. The summed E-state index contributed by atoms with van der Waals surface area (Å²) in [5, 5.41) is 0. The summed E-state index contributed by atoms with van der Waals surface area (Å²) in [7, 11) is 1.67. The predicted molar refractivity (Wildman–Crippen MR) is 68.5 cm³/mol. The van der Waals surface area contributed by atoms with Crippen LogP contribution in [-0.2, 0) is 11.2 Å². The molecule has 1 unspecified atom stereocenters. The molecule has 1 atom stereocenters. The third-order valence-electron chi connectivity index (χ3n) is 3.41. The molecular formula is C15H18O2. The minimum Gasteiger partial charge on any atom is -0.497 e. The zero-order valence-corrected chi connectivity index (χ0v) is 10.2. The van der Waals surface area contributed by atoms with Crippen LogP contribution in [-0.4, -0.2) is 12.9 Å². The van der Waals surface area contributed by atoms with Crippen molar-refractivity contribution in [1.29, 1.82) is 0 Å². The third-order valence-corrected chi connectivity index (χ3v) is 3.41. The summed E-state index contributed by atoms with van der Waals surface area (Å²) < 4.78 is 5.22. The van der Waals surface area contributed by atoms with Crippen LogP contribution in [0, 0.1) is 0 Å². The van der Waals surface area contributed by atoms with Gasteiger partial charge in [0.15, 0.2) is 0 Å². The lowest BCUT2D eigenvalue weighted by Gasteiger charge is -2.24. The third kappa shape index (κ3) is 2.41. The Hall–Kier alpha value is -1.57. The first-order valence-electron chi connectivity index (χ1n) is 6.06. The maximum Gasteiger partial charge on any atom is 0.140 e. The Morgan fingerprint density at radius 1 is 1.47 bits per heavy atom. The fourth-order valence-corrected chi connectivity index (χ4v) is 2.47. The van der Waals surface area contributed by atoms with E-state index in [0.29, 0.717) is 12.2 Å². The summed E-state index contributed by atoms with van der Waals surface area (Å²) >= 11 is 0. The molecular weight excluding hydrogens is 212 g/mol. The molecule has 2 rings (SSSR count). The van der Waals surface area contributed by atoms with Gasteiger partial charge in [0.1, 0.15) is 11.5 Å². The molecule has 0 N–H and O–H groups in total. The van der Waals surface area contributed by atoms with Crippen molar-refractivity contribution in [2.75, 3.05) is 7.11 Å². The monoisotopic (exact) mass is 230 g/mol. The van der Waals surface area contributed by atoms with Crippen LogP contribution in [0.2, 0.25) is 0 Å². The number of benzene rings is 1. The van der Waals surface area contributed by atoms with Crippen LogP contribution < -0.4 is 4.74 Å². The Labute approximate surface area is 102 Å². The number of ketones is 1. The van der Waals surface area contributed by atoms with E-state index in [1.807, 2.05) is 18.2 Å². The number of fused-ring (bicyclic) bond motifs is 1. The van der Waals surface area contributed by atoms with E-state index < -0.39 is 0 Å². The Morgan fingerprint density at radius 2 is 2.29 bits per heavy atom. The van der Waals surface area contributed by atoms with Crippen molar-refractivity contribution < 1.29 is 9.53 Å². The molecule has 2 heteroatoms. The van der Waals surface area contributed by atoms with Gasteiger partial charge in [0.2, 0.25) is 0 Å². The molecule has 0 radical (unpaired) electrons. The highest BCUT2D eigenvalue weighted by Crippen LogP contribution is 2.34. The lowest BCUT2D eigenvalue weighted by molar-refractivity contribution is -0.121. The highest BCUT2D eigenvalue weighted by atomic mass is 16.5. The van der Waals surface area contributed by atoms with E-state index in [4.69, 9.17) is 4.74 Å². The van der Waals surface area contributed by atoms with Crippen LogP contribution in [0.15, 0.2) is 30.9 Å². The molecule has 17 heavy (non-hydrogen) atoms. The molecule has 1 aliphatic carbocycles. The first-order chi connectivity index (χ1) is 8.26. The molecule has 0 saturated heterocycles. The number of methoxy groups -OCH3 is 1. The molecule has 0 fully saturated rings. The minimum atomic E-state index is 0.0580. The number of aryl methyl sites for hydroxylation is 1. The molecule has 90 valence electrons. The first-order valence-corrected chi connectivity index (χ1v) is 6.06. The topological polar surface area (TPSA) is 26.3 Å². The van der Waals surface area contributed by atoms with Crippen molar-refractivity contribution in [3.05, 3.63) is 42.0 Å². The van der Waals surface area contributed by atoms with Gasteiger partial charge in [0.25, 0.3) is 0 Å². The van der Waals surface area contributed by atoms with E-state index >= 15 is 0 Å². The molecule has 0 aromatic heterocycles. The van der Waals surface area contributed by atoms with Gasteiger partial charge in [-0.05, 0) is 42.5 Å². The Morgan fingerprint density at radius 3 is 3.00 bits per heavy atom. The zero-order chi connectivity index (χ0) is 12.3. The first kappa shape index (κ1) is 11.9. The largest absolute Gasteiger partial charge is 0.497 e. The van der Waals surface area contributed by atoms with E-state index in [-0.39, 0.29) is 5.92 Å². The number of carbonyl (C=O) groups excluding carboxylic acids is 1. The van der Waals surface area contributed by atoms with Gasteiger partial charge in [-0.15, -0.1) is 6.58 Å². The van der Waals surface area contributed by atoms with Crippen molar-refractivity contribution in [1.82, 2.24) is 0 Å². The number of Topliss-reactive ketones (excluding diaryl/α,β-unsaturated/α-hetero) is 1. The maximum atomic E-state index is 12.0. The minimum absolute atomic E-state index is 0.0580. The van der Waals surface area contributed by atoms with E-state index in [0.717, 1.165) is 25.0 Å². The van der Waals surface area contributed by atoms with Crippen molar-refractivity contribution >= 4 is 5.78 Å². The molecule has 1 aromatic carbocycles. The molecule has 0 bridgehead atoms. The van der Waals surface area contributed by atoms with Crippen LogP contribution in [0.1, 0.15) is 36.3 Å². The van der Waals surface area contributed by atoms with Gasteiger partial charge in [0.05, 0.1) is 7.11 Å². The van der Waals surface area contributed by atoms with Gasteiger partial charge < -0.3 is 4.74 Å². The van der Waals surface area contributed by atoms with Crippen LogP contribution in [0.5, 0.6) is 5.75 Å². The lowest BCUT2D eigenvalue weighted by atomic mass is 9.79. The Kier molecular flexibility index (Phi) is 3.62. The summed E-state index contributed by atoms with van der Waals surface area (Å²) in [5.41, 5.74) is 2.45. The van der Waals surface area contributed by atoms with Crippen LogP contribution in [0.3, 0.4) is 0 Å². The average molecular weight is 230 g/mol. The van der Waals surface area contributed by atoms with Gasteiger partial charge in [-0.1, -0.05) is 12.1 Å². The van der Waals surface area contributed by atoms with Gasteiger partial charge in [-0.25, -0.2) is 0 Å². The van der Waals surface area contributed by atoms with Gasteiger partial charge in [0, 0.05) is 12.3 Å². The second kappa shape index (κ2) is 5.17. The van der Waals surface area contributed by atoms with E-state index in [1.165, 1.54) is 11.1 Å². The smallest absolute Gasteiger partial charge is 0.140 e. The quantitative estimate of drug-likeness (QED) is 0.742. The molecule has 0 heterocycles. The highest BCUT2D eigenvalue weighted by molar-refractivity contribution is 5.88. The second-order valence-corrected chi connectivity index (χ2v) is 4.45. The number of rotatable bonds is 4. The standard InChI is InChI=1S/C15H18O2/c1-3-4-5-14-13-8-7-12(17-2)10-11(13)6-9-15(14)16/h3,7-8,10,14H,1,4-6,9H2,2H3. The average Bonchev–Trinajstić information content (AvgIpc) is 2.37. The number of ether oxygens (including phenoxy) is 1. The molecule has 0 aliphatic heterocycles. The summed E-state index contributed by atoms with van der Waals surface area (Å²) in [6.07, 6.45) is 5.15. The zero-order valence-electron chi connectivity index (χ0n) is 10.2. The van der Waals surface area contributed by atoms with Gasteiger partial charge in [-0.2, -0.15) is 0 Å². The molecule has 1 aromatic rings. The fraction of sp³-hybridized carbons (Fsp3) is 0.400. The van der Waals surface area contributed by atoms with Crippen LogP contribution in [0.25, 0.3) is 0 Å². The van der Waals surface area contributed by atoms with Crippen LogP contribution >= 0.6 is 0 Å². The summed E-state index contributed by atoms with van der Waals surface area (Å²) in [6.45, 7) is 3.72. The number of hydrogen-bond acceptors (Lipinski definition) is 2. The van der Waals surface area contributed by atoms with E-state index in [1.54, 1.807) is 7.11 Å². The van der Waals surface area contributed by atoms with E-state index in [9.17, 15) is 4.79 Å². The number of carbonyl (C=O) groups is 1. The van der Waals surface area contributed by atoms with Crippen molar-refractivity contribution in [2.45, 2.75) is 31.6 Å². The molecule has 2 nitrogen and oxygen atoms in total. The number of hydrogen-bond donors (Lipinski definition) is 0. The molecule has 0 saturated carbocycles. The predicted octanol–water partition coefficient (Wildman–Crippen LogP) is 3.26. The van der Waals surface area contributed by atoms with Crippen molar-refractivity contribution in [2.24, 2.45) is 0 Å². The second-order valence-electron chi connectivity index (χ2n) is 4.45.